The van der Waals surface area contributed by atoms with Gasteiger partial charge in [0.2, 0.25) is 11.7 Å². The molecule has 0 saturated carbocycles. The molecule has 0 spiro atoms. The standard InChI is InChI=1S/C19H22N6O4/c1-12-5-6-14(25-11-21-23-24-25)9-15(12)20-10-18(26)22-13-7-16(27-2)19(29-4)17(8-13)28-3/h5-9,11,20H,10H2,1-4H3,(H,22,26). The van der Waals surface area contributed by atoms with Crippen molar-refractivity contribution in [1.82, 2.24) is 20.2 Å². The Labute approximate surface area is 167 Å². The minimum absolute atomic E-state index is 0.0660. The molecule has 1 heterocycles. The van der Waals surface area contributed by atoms with Gasteiger partial charge in [0.15, 0.2) is 11.5 Å². The molecule has 0 atom stereocenters. The molecular weight excluding hydrogens is 376 g/mol. The zero-order valence-corrected chi connectivity index (χ0v) is 16.6. The van der Waals surface area contributed by atoms with Crippen molar-refractivity contribution in [1.29, 1.82) is 0 Å². The van der Waals surface area contributed by atoms with E-state index in [9.17, 15) is 4.79 Å². The number of anilines is 2. The molecule has 0 aliphatic carbocycles. The number of hydrogen-bond acceptors (Lipinski definition) is 8. The average Bonchev–Trinajstić information content (AvgIpc) is 3.27. The summed E-state index contributed by atoms with van der Waals surface area (Å²) >= 11 is 0. The molecule has 2 aromatic carbocycles. The highest BCUT2D eigenvalue weighted by Crippen LogP contribution is 2.39. The van der Waals surface area contributed by atoms with E-state index in [4.69, 9.17) is 14.2 Å². The fourth-order valence-electron chi connectivity index (χ4n) is 2.76. The Morgan fingerprint density at radius 1 is 1.07 bits per heavy atom. The molecule has 0 bridgehead atoms. The van der Waals surface area contributed by atoms with E-state index in [1.807, 2.05) is 25.1 Å². The maximum Gasteiger partial charge on any atom is 0.243 e. The van der Waals surface area contributed by atoms with Crippen molar-refractivity contribution in [3.63, 3.8) is 0 Å². The highest BCUT2D eigenvalue weighted by atomic mass is 16.5. The molecule has 0 aliphatic rings. The molecule has 0 aliphatic heterocycles. The minimum atomic E-state index is -0.230. The van der Waals surface area contributed by atoms with E-state index in [0.29, 0.717) is 22.9 Å². The van der Waals surface area contributed by atoms with Gasteiger partial charge in [0.05, 0.1) is 33.6 Å². The summed E-state index contributed by atoms with van der Waals surface area (Å²) < 4.78 is 17.4. The lowest BCUT2D eigenvalue weighted by molar-refractivity contribution is -0.114. The van der Waals surface area contributed by atoms with E-state index in [0.717, 1.165) is 16.9 Å². The van der Waals surface area contributed by atoms with Gasteiger partial charge >= 0.3 is 0 Å². The van der Waals surface area contributed by atoms with Crippen LogP contribution in [0.1, 0.15) is 5.56 Å². The van der Waals surface area contributed by atoms with Gasteiger partial charge in [0.1, 0.15) is 6.33 Å². The Hall–Kier alpha value is -3.82. The summed E-state index contributed by atoms with van der Waals surface area (Å²) in [5, 5.41) is 17.1. The van der Waals surface area contributed by atoms with Gasteiger partial charge in [-0.15, -0.1) is 5.10 Å². The Morgan fingerprint density at radius 3 is 2.38 bits per heavy atom. The van der Waals surface area contributed by atoms with Crippen molar-refractivity contribution < 1.29 is 19.0 Å². The summed E-state index contributed by atoms with van der Waals surface area (Å²) in [6.07, 6.45) is 1.51. The number of nitrogens with zero attached hydrogens (tertiary/aromatic N) is 4. The number of methoxy groups -OCH3 is 3. The Kier molecular flexibility index (Phi) is 6.12. The molecule has 1 aromatic heterocycles. The minimum Gasteiger partial charge on any atom is -0.493 e. The van der Waals surface area contributed by atoms with Gasteiger partial charge in [0, 0.05) is 23.5 Å². The SMILES string of the molecule is COc1cc(NC(=O)CNc2cc(-n3cnnn3)ccc2C)cc(OC)c1OC. The Morgan fingerprint density at radius 2 is 1.79 bits per heavy atom. The molecule has 3 aromatic rings. The van der Waals surface area contributed by atoms with Crippen LogP contribution in [0.15, 0.2) is 36.7 Å². The van der Waals surface area contributed by atoms with Crippen LogP contribution in [-0.4, -0.2) is 54.0 Å². The Balaban J connectivity index is 1.70. The zero-order chi connectivity index (χ0) is 20.8. The number of ether oxygens (including phenoxy) is 3. The summed E-state index contributed by atoms with van der Waals surface area (Å²) in [7, 11) is 4.56. The van der Waals surface area contributed by atoms with E-state index < -0.39 is 0 Å². The molecule has 0 saturated heterocycles. The third-order valence-electron chi connectivity index (χ3n) is 4.22. The normalized spacial score (nSPS) is 10.3. The van der Waals surface area contributed by atoms with Gasteiger partial charge < -0.3 is 24.8 Å². The second kappa shape index (κ2) is 8.91. The summed E-state index contributed by atoms with van der Waals surface area (Å²) in [4.78, 5) is 12.4. The number of benzene rings is 2. The molecular formula is C19H22N6O4. The van der Waals surface area contributed by atoms with Crippen molar-refractivity contribution in [2.45, 2.75) is 6.92 Å². The smallest absolute Gasteiger partial charge is 0.243 e. The van der Waals surface area contributed by atoms with Crippen molar-refractivity contribution in [2.75, 3.05) is 38.5 Å². The van der Waals surface area contributed by atoms with Crippen LogP contribution < -0.4 is 24.8 Å². The van der Waals surface area contributed by atoms with Gasteiger partial charge in [-0.25, -0.2) is 4.68 Å². The lowest BCUT2D eigenvalue weighted by atomic mass is 10.2. The second-order valence-electron chi connectivity index (χ2n) is 6.07. The van der Waals surface area contributed by atoms with E-state index >= 15 is 0 Å². The third-order valence-corrected chi connectivity index (χ3v) is 4.22. The predicted octanol–water partition coefficient (Wildman–Crippen LogP) is 2.05. The summed E-state index contributed by atoms with van der Waals surface area (Å²) in [5.74, 6) is 1.15. The lowest BCUT2D eigenvalue weighted by Gasteiger charge is -2.15. The fourth-order valence-corrected chi connectivity index (χ4v) is 2.76. The summed E-state index contributed by atoms with van der Waals surface area (Å²) in [6, 6.07) is 9.04. The lowest BCUT2D eigenvalue weighted by Crippen LogP contribution is -2.22. The van der Waals surface area contributed by atoms with Crippen molar-refractivity contribution >= 4 is 17.3 Å². The number of hydrogen-bond donors (Lipinski definition) is 2. The monoisotopic (exact) mass is 398 g/mol. The molecule has 1 amide bonds. The van der Waals surface area contributed by atoms with E-state index in [1.165, 1.54) is 27.7 Å². The first-order valence-electron chi connectivity index (χ1n) is 8.73. The number of nitrogens with one attached hydrogen (secondary N) is 2. The molecule has 2 N–H and O–H groups in total. The number of carbonyl (C=O) groups is 1. The van der Waals surface area contributed by atoms with Gasteiger partial charge in [-0.05, 0) is 35.0 Å². The number of carbonyl (C=O) groups excluding carboxylic acids is 1. The number of aromatic nitrogens is 4. The predicted molar refractivity (Wildman–Crippen MR) is 107 cm³/mol. The number of amides is 1. The number of rotatable bonds is 8. The topological polar surface area (TPSA) is 112 Å². The fraction of sp³-hybridized carbons (Fsp3) is 0.263. The zero-order valence-electron chi connectivity index (χ0n) is 16.6. The molecule has 10 nitrogen and oxygen atoms in total. The van der Waals surface area contributed by atoms with Crippen molar-refractivity contribution in [3.8, 4) is 22.9 Å². The van der Waals surface area contributed by atoms with Crippen molar-refractivity contribution in [2.24, 2.45) is 0 Å². The van der Waals surface area contributed by atoms with Crippen LogP contribution in [0.5, 0.6) is 17.2 Å². The van der Waals surface area contributed by atoms with E-state index in [2.05, 4.69) is 26.2 Å². The highest BCUT2D eigenvalue weighted by Gasteiger charge is 2.14. The summed E-state index contributed by atoms with van der Waals surface area (Å²) in [6.45, 7) is 2.01. The highest BCUT2D eigenvalue weighted by molar-refractivity contribution is 5.94. The molecule has 0 unspecified atom stereocenters. The quantitative estimate of drug-likeness (QED) is 0.593. The Bertz CT molecular complexity index is 965. The average molecular weight is 398 g/mol. The van der Waals surface area contributed by atoms with Crippen LogP contribution in [0.25, 0.3) is 5.69 Å². The van der Waals surface area contributed by atoms with Gasteiger partial charge in [-0.1, -0.05) is 6.07 Å². The van der Waals surface area contributed by atoms with Crippen LogP contribution in [0.3, 0.4) is 0 Å². The van der Waals surface area contributed by atoms with Gasteiger partial charge in [-0.2, -0.15) is 0 Å². The van der Waals surface area contributed by atoms with Gasteiger partial charge in [-0.3, -0.25) is 4.79 Å². The first kappa shape index (κ1) is 19.9. The molecule has 0 radical (unpaired) electrons. The number of tetrazole rings is 1. The van der Waals surface area contributed by atoms with Crippen LogP contribution >= 0.6 is 0 Å². The molecule has 29 heavy (non-hydrogen) atoms. The molecule has 0 fully saturated rings. The number of aryl methyl sites for hydroxylation is 1. The third kappa shape index (κ3) is 4.54. The second-order valence-corrected chi connectivity index (χ2v) is 6.07. The first-order valence-corrected chi connectivity index (χ1v) is 8.73. The van der Waals surface area contributed by atoms with Crippen LogP contribution in [-0.2, 0) is 4.79 Å². The molecule has 10 heteroatoms. The van der Waals surface area contributed by atoms with E-state index in [-0.39, 0.29) is 12.5 Å². The molecule has 152 valence electrons. The summed E-state index contributed by atoms with van der Waals surface area (Å²) in [5.41, 5.74) is 3.11. The maximum atomic E-state index is 12.4. The molecule has 3 rings (SSSR count). The maximum absolute atomic E-state index is 12.4. The van der Waals surface area contributed by atoms with Crippen LogP contribution in [0.4, 0.5) is 11.4 Å². The van der Waals surface area contributed by atoms with Crippen LogP contribution in [0.2, 0.25) is 0 Å². The first-order chi connectivity index (χ1) is 14.0. The van der Waals surface area contributed by atoms with E-state index in [1.54, 1.807) is 16.8 Å². The van der Waals surface area contributed by atoms with Crippen molar-refractivity contribution in [3.05, 3.63) is 42.2 Å². The largest absolute Gasteiger partial charge is 0.493 e. The van der Waals surface area contributed by atoms with Crippen LogP contribution in [0, 0.1) is 6.92 Å². The van der Waals surface area contributed by atoms with Gasteiger partial charge in [0.25, 0.3) is 0 Å².